The lowest BCUT2D eigenvalue weighted by Crippen LogP contribution is -2.24. The molecule has 0 saturated heterocycles. The Morgan fingerprint density at radius 3 is 3.11 bits per heavy atom. The number of halogens is 2. The van der Waals surface area contributed by atoms with Crippen LogP contribution in [0.3, 0.4) is 0 Å². The van der Waals surface area contributed by atoms with E-state index in [1.54, 1.807) is 6.26 Å². The maximum Gasteiger partial charge on any atom is 0.272 e. The van der Waals surface area contributed by atoms with Crippen LogP contribution < -0.4 is 0 Å². The molecule has 0 saturated carbocycles. The van der Waals surface area contributed by atoms with Crippen LogP contribution in [0.25, 0.3) is 0 Å². The van der Waals surface area contributed by atoms with Crippen molar-refractivity contribution in [2.45, 2.75) is 16.4 Å². The minimum atomic E-state index is -0.679. The number of aliphatic imine (C=N–C) groups is 1. The van der Waals surface area contributed by atoms with Crippen LogP contribution in [-0.2, 0) is 4.74 Å². The lowest BCUT2D eigenvalue weighted by molar-refractivity contribution is 0.107. The maximum absolute atomic E-state index is 11.0. The van der Waals surface area contributed by atoms with Crippen molar-refractivity contribution < 1.29 is 9.53 Å². The van der Waals surface area contributed by atoms with Crippen molar-refractivity contribution in [1.29, 1.82) is 0 Å². The Kier molecular flexibility index (Phi) is 3.01. The molecule has 0 fully saturated rings. The molecule has 5 nitrogen and oxygen atoms in total. The van der Waals surface area contributed by atoms with E-state index in [4.69, 9.17) is 27.9 Å². The zero-order valence-electron chi connectivity index (χ0n) is 8.71. The molecule has 2 aliphatic rings. The van der Waals surface area contributed by atoms with Crippen LogP contribution in [0.15, 0.2) is 28.6 Å². The summed E-state index contributed by atoms with van der Waals surface area (Å²) >= 11 is 12.9. The summed E-state index contributed by atoms with van der Waals surface area (Å²) in [6.45, 7) is 0. The summed E-state index contributed by atoms with van der Waals surface area (Å²) in [5.74, 6) is 0.294. The minimum absolute atomic E-state index is 0.00866. The van der Waals surface area contributed by atoms with Gasteiger partial charge in [-0.05, 0) is 17.7 Å². The van der Waals surface area contributed by atoms with E-state index in [2.05, 4.69) is 15.0 Å². The molecule has 2 aliphatic heterocycles. The molecular formula is C10H5Cl2N3O2S. The molecular weight excluding hydrogens is 297 g/mol. The second-order valence-electron chi connectivity index (χ2n) is 3.56. The number of hydrogen-bond acceptors (Lipinski definition) is 6. The van der Waals surface area contributed by atoms with Crippen molar-refractivity contribution in [2.75, 3.05) is 0 Å². The van der Waals surface area contributed by atoms with Crippen LogP contribution in [0, 0.1) is 0 Å². The van der Waals surface area contributed by atoms with Gasteiger partial charge in [0.2, 0.25) is 0 Å². The van der Waals surface area contributed by atoms with Gasteiger partial charge in [0.25, 0.3) is 5.24 Å². The van der Waals surface area contributed by atoms with E-state index >= 15 is 0 Å². The third kappa shape index (κ3) is 2.00. The fourth-order valence-corrected chi connectivity index (χ4v) is 3.05. The number of carbonyl (C=O) groups excluding carboxylic acids is 1. The van der Waals surface area contributed by atoms with E-state index in [0.717, 1.165) is 0 Å². The van der Waals surface area contributed by atoms with Crippen LogP contribution in [0.4, 0.5) is 5.82 Å². The first-order chi connectivity index (χ1) is 8.65. The number of carbonyl (C=O) groups is 1. The quantitative estimate of drug-likeness (QED) is 0.746. The molecule has 92 valence electrons. The molecule has 1 aromatic heterocycles. The summed E-state index contributed by atoms with van der Waals surface area (Å²) in [6, 6.07) is 0. The van der Waals surface area contributed by atoms with Gasteiger partial charge in [-0.2, -0.15) is 0 Å². The minimum Gasteiger partial charge on any atom is -0.490 e. The summed E-state index contributed by atoms with van der Waals surface area (Å²) in [4.78, 5) is 23.3. The average molecular weight is 302 g/mol. The molecule has 18 heavy (non-hydrogen) atoms. The van der Waals surface area contributed by atoms with Crippen LogP contribution in [-0.4, -0.2) is 31.7 Å². The largest absolute Gasteiger partial charge is 0.490 e. The summed E-state index contributed by atoms with van der Waals surface area (Å²) in [6.07, 6.45) is 4.47. The number of thioether (sulfide) groups is 1. The third-order valence-electron chi connectivity index (χ3n) is 2.41. The van der Waals surface area contributed by atoms with Crippen molar-refractivity contribution in [3.8, 4) is 0 Å². The van der Waals surface area contributed by atoms with Gasteiger partial charge in [0.15, 0.2) is 17.1 Å². The highest BCUT2D eigenvalue weighted by atomic mass is 35.5. The molecule has 8 heteroatoms. The van der Waals surface area contributed by atoms with Crippen molar-refractivity contribution >= 4 is 51.2 Å². The molecule has 0 aromatic carbocycles. The topological polar surface area (TPSA) is 64.4 Å². The number of ether oxygens (including phenoxy) is 1. The SMILES string of the molecule is O=C(Cl)c1cnc2c(n1)N=C(Cl)C1OC=CC1S2. The summed E-state index contributed by atoms with van der Waals surface area (Å²) in [7, 11) is 0. The summed E-state index contributed by atoms with van der Waals surface area (Å²) in [5.41, 5.74) is 0.0488. The lowest BCUT2D eigenvalue weighted by Gasteiger charge is -2.12. The highest BCUT2D eigenvalue weighted by Gasteiger charge is 2.34. The van der Waals surface area contributed by atoms with Gasteiger partial charge in [-0.1, -0.05) is 23.4 Å². The van der Waals surface area contributed by atoms with E-state index < -0.39 is 5.24 Å². The molecule has 3 rings (SSSR count). The van der Waals surface area contributed by atoms with E-state index in [1.165, 1.54) is 18.0 Å². The predicted molar refractivity (Wildman–Crippen MR) is 68.8 cm³/mol. The van der Waals surface area contributed by atoms with E-state index in [-0.39, 0.29) is 22.2 Å². The van der Waals surface area contributed by atoms with Gasteiger partial charge >= 0.3 is 0 Å². The Hall–Kier alpha value is -1.11. The van der Waals surface area contributed by atoms with Gasteiger partial charge in [0, 0.05) is 0 Å². The Morgan fingerprint density at radius 2 is 2.33 bits per heavy atom. The normalized spacial score (nSPS) is 24.7. The number of aromatic nitrogens is 2. The first-order valence-electron chi connectivity index (χ1n) is 4.95. The fraction of sp³-hybridized carbons (Fsp3) is 0.200. The van der Waals surface area contributed by atoms with Gasteiger partial charge in [0.05, 0.1) is 17.7 Å². The summed E-state index contributed by atoms with van der Waals surface area (Å²) in [5, 5.41) is 0.207. The van der Waals surface area contributed by atoms with Gasteiger partial charge < -0.3 is 4.74 Å². The molecule has 0 N–H and O–H groups in total. The zero-order chi connectivity index (χ0) is 12.7. The molecule has 3 heterocycles. The molecule has 0 bridgehead atoms. The van der Waals surface area contributed by atoms with E-state index in [1.807, 2.05) is 6.08 Å². The third-order valence-corrected chi connectivity index (χ3v) is 4.09. The molecule has 0 radical (unpaired) electrons. The van der Waals surface area contributed by atoms with Crippen LogP contribution in [0.5, 0.6) is 0 Å². The number of fused-ring (bicyclic) bond motifs is 2. The van der Waals surface area contributed by atoms with Gasteiger partial charge in [-0.15, -0.1) is 0 Å². The van der Waals surface area contributed by atoms with Gasteiger partial charge in [-0.3, -0.25) is 4.79 Å². The molecule has 0 amide bonds. The van der Waals surface area contributed by atoms with Crippen LogP contribution in [0.1, 0.15) is 10.5 Å². The summed E-state index contributed by atoms with van der Waals surface area (Å²) < 4.78 is 5.35. The van der Waals surface area contributed by atoms with Gasteiger partial charge in [0.1, 0.15) is 10.7 Å². The fourth-order valence-electron chi connectivity index (χ4n) is 1.59. The zero-order valence-corrected chi connectivity index (χ0v) is 11.0. The first-order valence-corrected chi connectivity index (χ1v) is 6.58. The second-order valence-corrected chi connectivity index (χ2v) is 5.46. The Labute approximate surface area is 116 Å². The van der Waals surface area contributed by atoms with Crippen molar-refractivity contribution in [3.63, 3.8) is 0 Å². The van der Waals surface area contributed by atoms with Crippen LogP contribution in [0.2, 0.25) is 0 Å². The standard InChI is InChI=1S/C10H5Cl2N3O2S/c11-7-6-5(1-2-17-6)18-10-9(15-7)14-4(3-13-10)8(12)16/h1-3,5-6H. The Morgan fingerprint density at radius 1 is 1.50 bits per heavy atom. The lowest BCUT2D eigenvalue weighted by atomic mass is 10.3. The predicted octanol–water partition coefficient (Wildman–Crippen LogP) is 2.51. The number of rotatable bonds is 1. The highest BCUT2D eigenvalue weighted by molar-refractivity contribution is 8.00. The Bertz CT molecular complexity index is 590. The van der Waals surface area contributed by atoms with Crippen molar-refractivity contribution in [1.82, 2.24) is 9.97 Å². The van der Waals surface area contributed by atoms with E-state index in [9.17, 15) is 4.79 Å². The number of nitrogens with zero attached hydrogens (tertiary/aromatic N) is 3. The second kappa shape index (κ2) is 4.53. The molecule has 1 aromatic rings. The monoisotopic (exact) mass is 301 g/mol. The van der Waals surface area contributed by atoms with Crippen molar-refractivity contribution in [3.05, 3.63) is 24.2 Å². The molecule has 2 atom stereocenters. The Balaban J connectivity index is 2.08. The number of hydrogen-bond donors (Lipinski definition) is 0. The highest BCUT2D eigenvalue weighted by Crippen LogP contribution is 2.38. The average Bonchev–Trinajstić information content (AvgIpc) is 2.74. The van der Waals surface area contributed by atoms with Crippen LogP contribution >= 0.6 is 35.0 Å². The van der Waals surface area contributed by atoms with E-state index in [0.29, 0.717) is 10.8 Å². The molecule has 2 unspecified atom stereocenters. The van der Waals surface area contributed by atoms with Crippen molar-refractivity contribution in [2.24, 2.45) is 4.99 Å². The maximum atomic E-state index is 11.0. The smallest absolute Gasteiger partial charge is 0.272 e. The molecule has 0 spiro atoms. The molecule has 0 aliphatic carbocycles. The first kappa shape index (κ1) is 12.0. The van der Waals surface area contributed by atoms with Gasteiger partial charge in [-0.25, -0.2) is 15.0 Å².